The molecule has 0 atom stereocenters. The molecule has 2 heterocycles. The lowest BCUT2D eigenvalue weighted by atomic mass is 10.2. The van der Waals surface area contributed by atoms with Crippen LogP contribution in [0.25, 0.3) is 10.9 Å². The maximum atomic E-state index is 12.6. The number of amides is 1. The fraction of sp³-hybridized carbons (Fsp3) is 0.200. The number of nitrogens with one attached hydrogen (secondary N) is 2. The summed E-state index contributed by atoms with van der Waals surface area (Å²) in [5.41, 5.74) is 2.73. The van der Waals surface area contributed by atoms with Crippen molar-refractivity contribution in [2.24, 2.45) is 7.05 Å². The van der Waals surface area contributed by atoms with Crippen molar-refractivity contribution in [2.45, 2.75) is 6.54 Å². The highest BCUT2D eigenvalue weighted by atomic mass is 79.9. The molecule has 0 saturated carbocycles. The molecule has 4 aromatic rings. The minimum atomic E-state index is -0.431. The number of halogens is 1. The molecule has 0 aliphatic heterocycles. The normalized spacial score (nSPS) is 11.7. The Kier molecular flexibility index (Phi) is 7.60. The number of aromatic nitrogens is 4. The van der Waals surface area contributed by atoms with Gasteiger partial charge in [-0.3, -0.25) is 19.6 Å². The molecule has 0 saturated heterocycles. The SMILES string of the molecule is Cn1ncc([N+](=O)[O-])c1C[N+](C)(C)CC=CC(=O)Nc1ccc2ncnc(Nc3cccc(Br)c3)c2c1. The number of anilines is 3. The lowest BCUT2D eigenvalue weighted by Gasteiger charge is -2.28. The van der Waals surface area contributed by atoms with Crippen molar-refractivity contribution in [3.63, 3.8) is 0 Å². The summed E-state index contributed by atoms with van der Waals surface area (Å²) in [6, 6.07) is 13.2. The number of benzene rings is 2. The first kappa shape index (κ1) is 25.9. The van der Waals surface area contributed by atoms with Gasteiger partial charge >= 0.3 is 5.69 Å². The second kappa shape index (κ2) is 10.8. The lowest BCUT2D eigenvalue weighted by molar-refractivity contribution is -0.898. The van der Waals surface area contributed by atoms with E-state index in [1.807, 2.05) is 50.5 Å². The molecule has 0 radical (unpaired) electrons. The Morgan fingerprint density at radius 2 is 2.00 bits per heavy atom. The number of nitrogens with zero attached hydrogens (tertiary/aromatic N) is 6. The molecular formula is C25H26BrN8O3+. The quantitative estimate of drug-likeness (QED) is 0.132. The van der Waals surface area contributed by atoms with E-state index in [-0.39, 0.29) is 11.6 Å². The zero-order valence-electron chi connectivity index (χ0n) is 20.6. The smallest absolute Gasteiger partial charge is 0.316 e. The molecular weight excluding hydrogens is 540 g/mol. The molecule has 2 N–H and O–H groups in total. The van der Waals surface area contributed by atoms with Crippen LogP contribution in [0.4, 0.5) is 22.9 Å². The van der Waals surface area contributed by atoms with Crippen LogP contribution in [0, 0.1) is 10.1 Å². The summed E-state index contributed by atoms with van der Waals surface area (Å²) >= 11 is 3.46. The van der Waals surface area contributed by atoms with Gasteiger partial charge in [-0.15, -0.1) is 0 Å². The van der Waals surface area contributed by atoms with Crippen molar-refractivity contribution < 1.29 is 14.2 Å². The number of quaternary nitrogens is 1. The largest absolute Gasteiger partial charge is 0.340 e. The van der Waals surface area contributed by atoms with E-state index in [0.29, 0.717) is 34.8 Å². The molecule has 0 unspecified atom stereocenters. The lowest BCUT2D eigenvalue weighted by Crippen LogP contribution is -2.39. The minimum absolute atomic E-state index is 0.00976. The second-order valence-electron chi connectivity index (χ2n) is 9.11. The van der Waals surface area contributed by atoms with E-state index in [2.05, 4.69) is 41.6 Å². The number of nitro groups is 1. The number of carbonyl (C=O) groups excluding carboxylic acids is 1. The fourth-order valence-corrected chi connectivity index (χ4v) is 4.22. The van der Waals surface area contributed by atoms with E-state index in [1.165, 1.54) is 23.3 Å². The summed E-state index contributed by atoms with van der Waals surface area (Å²) < 4.78 is 2.86. The van der Waals surface area contributed by atoms with Crippen LogP contribution in [0.5, 0.6) is 0 Å². The standard InChI is InChI=1S/C25H25BrN8O3/c1-32-23(22(14-29-32)33(36)37)15-34(2,3)11-5-8-24(35)30-19-9-10-21-20(13-19)25(28-16-27-21)31-18-7-4-6-17(26)12-18/h4-10,12-14,16H,11,15H2,1-3H3,(H-,27,28,30,31,35)/p+1. The van der Waals surface area contributed by atoms with Gasteiger partial charge in [-0.25, -0.2) is 9.97 Å². The monoisotopic (exact) mass is 565 g/mol. The van der Waals surface area contributed by atoms with E-state index in [1.54, 1.807) is 19.2 Å². The number of hydrogen-bond donors (Lipinski definition) is 2. The first-order valence-corrected chi connectivity index (χ1v) is 12.1. The van der Waals surface area contributed by atoms with E-state index < -0.39 is 4.92 Å². The molecule has 12 heteroatoms. The van der Waals surface area contributed by atoms with Crippen LogP contribution in [0.1, 0.15) is 5.69 Å². The molecule has 2 aromatic carbocycles. The van der Waals surface area contributed by atoms with Crippen molar-refractivity contribution in [1.82, 2.24) is 19.7 Å². The topological polar surface area (TPSA) is 128 Å². The number of carbonyl (C=O) groups is 1. The Hall–Kier alpha value is -4.16. The summed E-state index contributed by atoms with van der Waals surface area (Å²) in [6.07, 6.45) is 5.96. The van der Waals surface area contributed by atoms with Gasteiger partial charge in [-0.2, -0.15) is 5.10 Å². The van der Waals surface area contributed by atoms with Crippen LogP contribution in [-0.4, -0.2) is 55.7 Å². The van der Waals surface area contributed by atoms with Crippen molar-refractivity contribution >= 4 is 55.6 Å². The van der Waals surface area contributed by atoms with Crippen LogP contribution in [0.3, 0.4) is 0 Å². The molecule has 0 fully saturated rings. The average Bonchev–Trinajstić information content (AvgIpc) is 3.19. The molecule has 190 valence electrons. The van der Waals surface area contributed by atoms with Gasteiger partial charge in [-0.1, -0.05) is 22.0 Å². The molecule has 0 bridgehead atoms. The molecule has 4 rings (SSSR count). The third-order valence-corrected chi connectivity index (χ3v) is 6.17. The Labute approximate surface area is 221 Å². The van der Waals surface area contributed by atoms with Crippen LogP contribution in [-0.2, 0) is 18.4 Å². The highest BCUT2D eigenvalue weighted by Gasteiger charge is 2.26. The van der Waals surface area contributed by atoms with Gasteiger partial charge in [0.1, 0.15) is 24.9 Å². The first-order chi connectivity index (χ1) is 17.6. The number of likely N-dealkylation sites (N-methyl/N-ethyl adjacent to an activating group) is 1. The van der Waals surface area contributed by atoms with E-state index in [9.17, 15) is 14.9 Å². The van der Waals surface area contributed by atoms with Crippen LogP contribution in [0.2, 0.25) is 0 Å². The second-order valence-corrected chi connectivity index (χ2v) is 10.0. The number of fused-ring (bicyclic) bond motifs is 1. The molecule has 0 aliphatic rings. The summed E-state index contributed by atoms with van der Waals surface area (Å²) in [5.74, 6) is 0.335. The Morgan fingerprint density at radius 1 is 1.19 bits per heavy atom. The number of aryl methyl sites for hydroxylation is 1. The predicted molar refractivity (Wildman–Crippen MR) is 145 cm³/mol. The predicted octanol–water partition coefficient (Wildman–Crippen LogP) is 4.55. The zero-order valence-corrected chi connectivity index (χ0v) is 22.1. The highest BCUT2D eigenvalue weighted by molar-refractivity contribution is 9.10. The molecule has 2 aromatic heterocycles. The van der Waals surface area contributed by atoms with Gasteiger partial charge in [0, 0.05) is 34.4 Å². The van der Waals surface area contributed by atoms with Gasteiger partial charge in [0.25, 0.3) is 0 Å². The van der Waals surface area contributed by atoms with Gasteiger partial charge in [0.2, 0.25) is 5.91 Å². The fourth-order valence-electron chi connectivity index (χ4n) is 3.82. The van der Waals surface area contributed by atoms with E-state index in [0.717, 1.165) is 21.1 Å². The van der Waals surface area contributed by atoms with Gasteiger partial charge < -0.3 is 15.1 Å². The summed E-state index contributed by atoms with van der Waals surface area (Å²) in [5, 5.41) is 22.2. The maximum Gasteiger partial charge on any atom is 0.316 e. The molecule has 0 aliphatic carbocycles. The Balaban J connectivity index is 1.43. The summed E-state index contributed by atoms with van der Waals surface area (Å²) in [4.78, 5) is 32.1. The highest BCUT2D eigenvalue weighted by Crippen LogP contribution is 2.27. The van der Waals surface area contributed by atoms with Crippen LogP contribution >= 0.6 is 15.9 Å². The van der Waals surface area contributed by atoms with Crippen molar-refractivity contribution in [3.05, 3.63) is 87.4 Å². The van der Waals surface area contributed by atoms with Crippen LogP contribution in [0.15, 0.2) is 71.6 Å². The number of hydrogen-bond acceptors (Lipinski definition) is 7. The van der Waals surface area contributed by atoms with Gasteiger partial charge in [0.15, 0.2) is 5.69 Å². The summed E-state index contributed by atoms with van der Waals surface area (Å²) in [6.45, 7) is 0.874. The van der Waals surface area contributed by atoms with E-state index >= 15 is 0 Å². The van der Waals surface area contributed by atoms with Crippen molar-refractivity contribution in [1.29, 1.82) is 0 Å². The molecule has 11 nitrogen and oxygen atoms in total. The van der Waals surface area contributed by atoms with Crippen molar-refractivity contribution in [2.75, 3.05) is 31.3 Å². The zero-order chi connectivity index (χ0) is 26.6. The van der Waals surface area contributed by atoms with Crippen molar-refractivity contribution in [3.8, 4) is 0 Å². The third kappa shape index (κ3) is 6.54. The summed E-state index contributed by atoms with van der Waals surface area (Å²) in [7, 11) is 5.55. The Bertz CT molecular complexity index is 1500. The number of rotatable bonds is 9. The van der Waals surface area contributed by atoms with Gasteiger partial charge in [0.05, 0.1) is 31.1 Å². The third-order valence-electron chi connectivity index (χ3n) is 5.67. The Morgan fingerprint density at radius 3 is 2.76 bits per heavy atom. The average molecular weight is 566 g/mol. The minimum Gasteiger partial charge on any atom is -0.340 e. The van der Waals surface area contributed by atoms with Gasteiger partial charge in [-0.05, 0) is 42.5 Å². The maximum absolute atomic E-state index is 12.6. The van der Waals surface area contributed by atoms with E-state index in [4.69, 9.17) is 0 Å². The molecule has 1 amide bonds. The molecule has 37 heavy (non-hydrogen) atoms. The molecule has 0 spiro atoms. The van der Waals surface area contributed by atoms with Crippen LogP contribution < -0.4 is 10.6 Å². The first-order valence-electron chi connectivity index (χ1n) is 11.3.